The molecule has 112 valence electrons. The Hall–Kier alpha value is -1.51. The molecule has 0 fully saturated rings. The van der Waals surface area contributed by atoms with E-state index in [1.165, 1.54) is 5.57 Å². The molecular weight excluding hydrogens is 252 g/mol. The first-order valence-electron chi connectivity index (χ1n) is 7.38. The molecule has 3 heteroatoms. The Balaban J connectivity index is 2.20. The lowest BCUT2D eigenvalue weighted by Gasteiger charge is -2.13. The zero-order valence-corrected chi connectivity index (χ0v) is 12.8. The zero-order valence-electron chi connectivity index (χ0n) is 12.8. The molecule has 3 nitrogen and oxygen atoms in total. The first-order chi connectivity index (χ1) is 9.49. The molecule has 0 radical (unpaired) electrons. The molecular formula is C17H26O3. The van der Waals surface area contributed by atoms with Crippen molar-refractivity contribution in [1.29, 1.82) is 0 Å². The van der Waals surface area contributed by atoms with Crippen molar-refractivity contribution in [3.63, 3.8) is 0 Å². The van der Waals surface area contributed by atoms with Crippen molar-refractivity contribution >= 4 is 5.97 Å². The summed E-state index contributed by atoms with van der Waals surface area (Å²) >= 11 is 0. The van der Waals surface area contributed by atoms with Gasteiger partial charge in [0.1, 0.15) is 0 Å². The lowest BCUT2D eigenvalue weighted by atomic mass is 10.0. The standard InChI is InChI=1S/C17H26O3/c1-13(2)5-4-6-14(3)11-12-20-17(19)15-7-9-16(18)10-8-15/h5,7,9,14,18H,4,6,8,10-12H2,1-3H3. The van der Waals surface area contributed by atoms with Gasteiger partial charge in [-0.15, -0.1) is 0 Å². The van der Waals surface area contributed by atoms with E-state index in [0.717, 1.165) is 19.3 Å². The van der Waals surface area contributed by atoms with Crippen LogP contribution in [-0.2, 0) is 9.53 Å². The van der Waals surface area contributed by atoms with Gasteiger partial charge >= 0.3 is 5.97 Å². The predicted octanol–water partition coefficient (Wildman–Crippen LogP) is 4.46. The summed E-state index contributed by atoms with van der Waals surface area (Å²) in [6.45, 7) is 6.88. The lowest BCUT2D eigenvalue weighted by molar-refractivity contribution is -0.139. The van der Waals surface area contributed by atoms with Crippen molar-refractivity contribution in [2.45, 2.75) is 52.9 Å². The third-order valence-corrected chi connectivity index (χ3v) is 3.45. The third-order valence-electron chi connectivity index (χ3n) is 3.45. The van der Waals surface area contributed by atoms with Crippen LogP contribution in [0.3, 0.4) is 0 Å². The van der Waals surface area contributed by atoms with Crippen LogP contribution in [0.2, 0.25) is 0 Å². The highest BCUT2D eigenvalue weighted by Crippen LogP contribution is 2.18. The first kappa shape index (κ1) is 16.5. The highest BCUT2D eigenvalue weighted by Gasteiger charge is 2.14. The highest BCUT2D eigenvalue weighted by atomic mass is 16.5. The maximum Gasteiger partial charge on any atom is 0.334 e. The van der Waals surface area contributed by atoms with E-state index < -0.39 is 0 Å². The Labute approximate surface area is 122 Å². The first-order valence-corrected chi connectivity index (χ1v) is 7.38. The van der Waals surface area contributed by atoms with E-state index in [1.807, 2.05) is 0 Å². The molecule has 0 heterocycles. The second kappa shape index (κ2) is 8.62. The molecule has 1 atom stereocenters. The van der Waals surface area contributed by atoms with Crippen molar-refractivity contribution in [3.05, 3.63) is 35.1 Å². The number of carbonyl (C=O) groups excluding carboxylic acids is 1. The molecule has 0 aromatic rings. The van der Waals surface area contributed by atoms with Gasteiger partial charge in [-0.25, -0.2) is 4.79 Å². The Morgan fingerprint density at radius 3 is 2.70 bits per heavy atom. The summed E-state index contributed by atoms with van der Waals surface area (Å²) in [5, 5.41) is 9.24. The van der Waals surface area contributed by atoms with Crippen LogP contribution in [-0.4, -0.2) is 17.7 Å². The highest BCUT2D eigenvalue weighted by molar-refractivity contribution is 5.89. The Kier molecular flexibility index (Phi) is 7.13. The maximum atomic E-state index is 11.8. The lowest BCUT2D eigenvalue weighted by Crippen LogP contribution is -2.12. The van der Waals surface area contributed by atoms with Gasteiger partial charge in [0.25, 0.3) is 0 Å². The molecule has 0 aliphatic heterocycles. The average molecular weight is 278 g/mol. The minimum Gasteiger partial charge on any atom is -0.512 e. The topological polar surface area (TPSA) is 46.5 Å². The predicted molar refractivity (Wildman–Crippen MR) is 81.4 cm³/mol. The summed E-state index contributed by atoms with van der Waals surface area (Å²) in [6, 6.07) is 0. The summed E-state index contributed by atoms with van der Waals surface area (Å²) < 4.78 is 5.28. The SMILES string of the molecule is CC(C)=CCCC(C)CCOC(=O)C1=CC=C(O)CC1. The van der Waals surface area contributed by atoms with E-state index in [1.54, 1.807) is 12.2 Å². The van der Waals surface area contributed by atoms with Gasteiger partial charge in [-0.3, -0.25) is 0 Å². The molecule has 0 saturated carbocycles. The van der Waals surface area contributed by atoms with Gasteiger partial charge in [0.05, 0.1) is 12.4 Å². The van der Waals surface area contributed by atoms with E-state index in [-0.39, 0.29) is 5.97 Å². The van der Waals surface area contributed by atoms with Crippen LogP contribution in [0.4, 0.5) is 0 Å². The number of carbonyl (C=O) groups is 1. The van der Waals surface area contributed by atoms with Gasteiger partial charge in [0, 0.05) is 12.0 Å². The van der Waals surface area contributed by atoms with Gasteiger partial charge in [-0.1, -0.05) is 18.6 Å². The van der Waals surface area contributed by atoms with Crippen molar-refractivity contribution in [2.75, 3.05) is 6.61 Å². The number of hydrogen-bond donors (Lipinski definition) is 1. The molecule has 0 aromatic heterocycles. The van der Waals surface area contributed by atoms with Gasteiger partial charge in [0.2, 0.25) is 0 Å². The summed E-state index contributed by atoms with van der Waals surface area (Å²) in [5.74, 6) is 0.641. The van der Waals surface area contributed by atoms with Crippen molar-refractivity contribution in [1.82, 2.24) is 0 Å². The Bertz CT molecular complexity index is 412. The van der Waals surface area contributed by atoms with Crippen molar-refractivity contribution in [2.24, 2.45) is 5.92 Å². The average Bonchev–Trinajstić information content (AvgIpc) is 2.39. The van der Waals surface area contributed by atoms with Gasteiger partial charge in [-0.2, -0.15) is 0 Å². The second-order valence-electron chi connectivity index (χ2n) is 5.74. The molecule has 0 aromatic carbocycles. The normalized spacial score (nSPS) is 15.9. The minimum absolute atomic E-state index is 0.245. The summed E-state index contributed by atoms with van der Waals surface area (Å²) in [5.41, 5.74) is 2.00. The summed E-state index contributed by atoms with van der Waals surface area (Å²) in [6.07, 6.45) is 9.68. The molecule has 1 aliphatic carbocycles. The van der Waals surface area contributed by atoms with E-state index in [0.29, 0.717) is 36.7 Å². The van der Waals surface area contributed by atoms with Crippen molar-refractivity contribution < 1.29 is 14.6 Å². The van der Waals surface area contributed by atoms with Crippen LogP contribution in [0.1, 0.15) is 52.9 Å². The number of ether oxygens (including phenoxy) is 1. The fourth-order valence-corrected chi connectivity index (χ4v) is 2.04. The molecule has 1 rings (SSSR count). The van der Waals surface area contributed by atoms with Gasteiger partial charge in [-0.05, 0) is 57.6 Å². The van der Waals surface area contributed by atoms with Gasteiger partial charge in [0.15, 0.2) is 0 Å². The van der Waals surface area contributed by atoms with Crippen LogP contribution in [0.15, 0.2) is 35.1 Å². The Morgan fingerprint density at radius 2 is 2.10 bits per heavy atom. The molecule has 20 heavy (non-hydrogen) atoms. The third kappa shape index (κ3) is 6.60. The van der Waals surface area contributed by atoms with E-state index in [4.69, 9.17) is 4.74 Å². The van der Waals surface area contributed by atoms with Crippen molar-refractivity contribution in [3.8, 4) is 0 Å². The molecule has 0 saturated heterocycles. The largest absolute Gasteiger partial charge is 0.512 e. The molecule has 0 amide bonds. The fourth-order valence-electron chi connectivity index (χ4n) is 2.04. The number of allylic oxidation sites excluding steroid dienone is 5. The van der Waals surface area contributed by atoms with Gasteiger partial charge < -0.3 is 9.84 Å². The number of rotatable bonds is 7. The van der Waals surface area contributed by atoms with Crippen LogP contribution < -0.4 is 0 Å². The molecule has 1 unspecified atom stereocenters. The van der Waals surface area contributed by atoms with E-state index in [2.05, 4.69) is 26.8 Å². The Morgan fingerprint density at radius 1 is 1.35 bits per heavy atom. The zero-order chi connectivity index (χ0) is 15.0. The molecule has 0 bridgehead atoms. The minimum atomic E-state index is -0.245. The van der Waals surface area contributed by atoms with Crippen LogP contribution in [0.25, 0.3) is 0 Å². The monoisotopic (exact) mass is 278 g/mol. The fraction of sp³-hybridized carbons (Fsp3) is 0.588. The molecule has 1 N–H and O–H groups in total. The van der Waals surface area contributed by atoms with Crippen LogP contribution in [0, 0.1) is 5.92 Å². The number of aliphatic hydroxyl groups excluding tert-OH is 1. The smallest absolute Gasteiger partial charge is 0.334 e. The summed E-state index contributed by atoms with van der Waals surface area (Å²) in [7, 11) is 0. The number of hydrogen-bond acceptors (Lipinski definition) is 3. The van der Waals surface area contributed by atoms with E-state index in [9.17, 15) is 9.90 Å². The molecule has 0 spiro atoms. The molecule has 1 aliphatic rings. The van der Waals surface area contributed by atoms with Crippen LogP contribution in [0.5, 0.6) is 0 Å². The summed E-state index contributed by atoms with van der Waals surface area (Å²) in [4.78, 5) is 11.8. The number of aliphatic hydroxyl groups is 1. The van der Waals surface area contributed by atoms with E-state index >= 15 is 0 Å². The quantitative estimate of drug-likeness (QED) is 0.552. The number of esters is 1. The second-order valence-corrected chi connectivity index (χ2v) is 5.74. The maximum absolute atomic E-state index is 11.8. The van der Waals surface area contributed by atoms with Crippen LogP contribution >= 0.6 is 0 Å².